The van der Waals surface area contributed by atoms with E-state index in [0.29, 0.717) is 11.5 Å². The van der Waals surface area contributed by atoms with Gasteiger partial charge in [-0.15, -0.1) is 0 Å². The van der Waals surface area contributed by atoms with Crippen LogP contribution in [0.25, 0.3) is 11.1 Å². The second-order valence-corrected chi connectivity index (χ2v) is 8.99. The van der Waals surface area contributed by atoms with Crippen molar-refractivity contribution in [1.82, 2.24) is 4.98 Å². The zero-order valence-electron chi connectivity index (χ0n) is 18.1. The smallest absolute Gasteiger partial charge is 0.283 e. The Morgan fingerprint density at radius 2 is 1.72 bits per heavy atom. The second-order valence-electron chi connectivity index (χ2n) is 8.99. The number of ether oxygens (including phenoxy) is 2. The molecular formula is C26H22FN3O2. The molecule has 6 heteroatoms. The van der Waals surface area contributed by atoms with Crippen molar-refractivity contribution < 1.29 is 13.9 Å². The van der Waals surface area contributed by atoms with Gasteiger partial charge in [-0.05, 0) is 68.8 Å². The molecule has 0 amide bonds. The number of rotatable bonds is 1. The van der Waals surface area contributed by atoms with Crippen molar-refractivity contribution >= 4 is 6.02 Å². The maximum atomic E-state index is 13.3. The summed E-state index contributed by atoms with van der Waals surface area (Å²) in [5, 5.41) is 0. The Labute approximate surface area is 186 Å². The van der Waals surface area contributed by atoms with E-state index >= 15 is 0 Å². The molecule has 32 heavy (non-hydrogen) atoms. The lowest BCUT2D eigenvalue weighted by molar-refractivity contribution is 0.264. The van der Waals surface area contributed by atoms with E-state index in [1.54, 1.807) is 6.07 Å². The first-order chi connectivity index (χ1) is 15.2. The number of nitrogens with two attached hydrogens (primary N) is 1. The minimum Gasteiger partial charge on any atom is -0.462 e. The largest absolute Gasteiger partial charge is 0.462 e. The first-order valence-corrected chi connectivity index (χ1v) is 10.3. The van der Waals surface area contributed by atoms with Crippen molar-refractivity contribution in [2.75, 3.05) is 6.61 Å². The summed E-state index contributed by atoms with van der Waals surface area (Å²) < 4.78 is 25.2. The second kappa shape index (κ2) is 7.10. The van der Waals surface area contributed by atoms with Crippen LogP contribution in [0.3, 0.4) is 0 Å². The number of aliphatic imine (C=N–C) groups is 1. The predicted molar refractivity (Wildman–Crippen MR) is 121 cm³/mol. The molecule has 2 aromatic carbocycles. The first-order valence-electron chi connectivity index (χ1n) is 10.3. The molecule has 0 fully saturated rings. The predicted octanol–water partition coefficient (Wildman–Crippen LogP) is 4.98. The summed E-state index contributed by atoms with van der Waals surface area (Å²) in [7, 11) is 0. The summed E-state index contributed by atoms with van der Waals surface area (Å²) in [6, 6.07) is 14.8. The van der Waals surface area contributed by atoms with Gasteiger partial charge in [0.25, 0.3) is 6.02 Å². The Hall–Kier alpha value is -3.85. The van der Waals surface area contributed by atoms with Gasteiger partial charge in [0.2, 0.25) is 5.95 Å². The van der Waals surface area contributed by atoms with Gasteiger partial charge in [0.15, 0.2) is 5.54 Å². The molecular weight excluding hydrogens is 405 g/mol. The van der Waals surface area contributed by atoms with Crippen LogP contribution in [-0.2, 0) is 10.3 Å². The fourth-order valence-corrected chi connectivity index (χ4v) is 3.92. The molecule has 3 aromatic rings. The maximum Gasteiger partial charge on any atom is 0.283 e. The monoisotopic (exact) mass is 427 g/mol. The highest BCUT2D eigenvalue weighted by Crippen LogP contribution is 2.51. The molecule has 1 spiro atoms. The van der Waals surface area contributed by atoms with Gasteiger partial charge in [-0.25, -0.2) is 9.98 Å². The molecule has 0 saturated carbocycles. The number of hydrogen-bond acceptors (Lipinski definition) is 5. The Balaban J connectivity index is 1.67. The number of benzene rings is 2. The van der Waals surface area contributed by atoms with E-state index in [1.807, 2.05) is 36.4 Å². The van der Waals surface area contributed by atoms with Crippen molar-refractivity contribution in [3.8, 4) is 34.5 Å². The topological polar surface area (TPSA) is 69.7 Å². The summed E-state index contributed by atoms with van der Waals surface area (Å²) in [4.78, 5) is 8.50. The van der Waals surface area contributed by atoms with Crippen LogP contribution in [0.5, 0.6) is 11.5 Å². The van der Waals surface area contributed by atoms with Crippen LogP contribution in [0, 0.1) is 23.2 Å². The molecule has 160 valence electrons. The van der Waals surface area contributed by atoms with Gasteiger partial charge in [-0.2, -0.15) is 4.39 Å². The minimum atomic E-state index is -0.851. The van der Waals surface area contributed by atoms with E-state index < -0.39 is 11.5 Å². The van der Waals surface area contributed by atoms with E-state index in [1.165, 1.54) is 12.3 Å². The zero-order chi connectivity index (χ0) is 22.5. The quantitative estimate of drug-likeness (QED) is 0.439. The van der Waals surface area contributed by atoms with Crippen molar-refractivity contribution in [3.05, 3.63) is 77.4 Å². The molecule has 0 bridgehead atoms. The van der Waals surface area contributed by atoms with E-state index in [2.05, 4.69) is 37.6 Å². The Kier molecular flexibility index (Phi) is 4.45. The van der Waals surface area contributed by atoms with Gasteiger partial charge < -0.3 is 15.2 Å². The number of halogens is 1. The summed E-state index contributed by atoms with van der Waals surface area (Å²) >= 11 is 0. The third-order valence-corrected chi connectivity index (χ3v) is 5.44. The molecule has 0 aliphatic carbocycles. The zero-order valence-corrected chi connectivity index (χ0v) is 18.1. The molecule has 0 radical (unpaired) electrons. The third-order valence-electron chi connectivity index (χ3n) is 5.44. The van der Waals surface area contributed by atoms with Gasteiger partial charge in [0.05, 0.1) is 0 Å². The number of fused-ring (bicyclic) bond motifs is 4. The normalized spacial score (nSPS) is 18.6. The highest BCUT2D eigenvalue weighted by atomic mass is 19.1. The average molecular weight is 427 g/mol. The van der Waals surface area contributed by atoms with Crippen LogP contribution in [0.15, 0.2) is 59.7 Å². The highest BCUT2D eigenvalue weighted by molar-refractivity contribution is 5.78. The van der Waals surface area contributed by atoms with Gasteiger partial charge in [-0.1, -0.05) is 17.9 Å². The minimum absolute atomic E-state index is 0.117. The van der Waals surface area contributed by atoms with Gasteiger partial charge in [0.1, 0.15) is 18.1 Å². The maximum absolute atomic E-state index is 13.3. The number of pyridine rings is 1. The van der Waals surface area contributed by atoms with Crippen LogP contribution < -0.4 is 10.5 Å². The molecule has 2 aliphatic heterocycles. The lowest BCUT2D eigenvalue weighted by Crippen LogP contribution is -2.31. The Bertz CT molecular complexity index is 1310. The lowest BCUT2D eigenvalue weighted by atomic mass is 9.80. The fraction of sp³-hybridized carbons (Fsp3) is 0.231. The number of aromatic nitrogens is 1. The van der Waals surface area contributed by atoms with Crippen molar-refractivity contribution in [2.24, 2.45) is 16.1 Å². The fourth-order valence-electron chi connectivity index (χ4n) is 3.92. The Morgan fingerprint density at radius 3 is 2.38 bits per heavy atom. The summed E-state index contributed by atoms with van der Waals surface area (Å²) in [6.45, 7) is 6.46. The number of amidine groups is 1. The third kappa shape index (κ3) is 3.46. The molecule has 1 aromatic heterocycles. The van der Waals surface area contributed by atoms with Gasteiger partial charge in [0, 0.05) is 33.9 Å². The van der Waals surface area contributed by atoms with E-state index in [-0.39, 0.29) is 18.0 Å². The van der Waals surface area contributed by atoms with Crippen LogP contribution in [0.2, 0.25) is 0 Å². The van der Waals surface area contributed by atoms with Crippen LogP contribution >= 0.6 is 0 Å². The van der Waals surface area contributed by atoms with Crippen LogP contribution in [0.1, 0.15) is 37.5 Å². The SMILES string of the molecule is CC(C)(C)C#Cc1ccc2c(c1)[C@@]1(COC(N)=N1)c1cc(-c3ccc(F)nc3)ccc1O2. The molecule has 2 N–H and O–H groups in total. The highest BCUT2D eigenvalue weighted by Gasteiger charge is 2.47. The first kappa shape index (κ1) is 20.1. The van der Waals surface area contributed by atoms with Gasteiger partial charge >= 0.3 is 0 Å². The van der Waals surface area contributed by atoms with Crippen molar-refractivity contribution in [1.29, 1.82) is 0 Å². The summed E-state index contributed by atoms with van der Waals surface area (Å²) in [5.41, 5.74) is 9.21. The van der Waals surface area contributed by atoms with E-state index in [4.69, 9.17) is 20.2 Å². The van der Waals surface area contributed by atoms with Gasteiger partial charge in [-0.3, -0.25) is 0 Å². The van der Waals surface area contributed by atoms with Crippen LogP contribution in [0.4, 0.5) is 4.39 Å². The number of nitrogens with zero attached hydrogens (tertiary/aromatic N) is 2. The number of hydrogen-bond donors (Lipinski definition) is 1. The van der Waals surface area contributed by atoms with E-state index in [0.717, 1.165) is 27.8 Å². The van der Waals surface area contributed by atoms with Crippen molar-refractivity contribution in [3.63, 3.8) is 0 Å². The summed E-state index contributed by atoms with van der Waals surface area (Å²) in [6.07, 6.45) is 1.50. The standard InChI is InChI=1S/C26H22FN3O2/c1-25(2,3)11-10-16-4-7-21-19(12-16)26(15-31-24(28)30-26)20-13-17(5-8-22(20)32-21)18-6-9-23(27)29-14-18/h4-9,12-14H,15H2,1-3H3,(H2,28,30)/t26-/m0/s1. The molecule has 0 unspecified atom stereocenters. The molecule has 1 atom stereocenters. The molecule has 2 aliphatic rings. The molecule has 0 saturated heterocycles. The van der Waals surface area contributed by atoms with Crippen molar-refractivity contribution in [2.45, 2.75) is 26.3 Å². The average Bonchev–Trinajstić information content (AvgIpc) is 3.15. The summed E-state index contributed by atoms with van der Waals surface area (Å²) in [5.74, 6) is 7.36. The molecule has 5 nitrogen and oxygen atoms in total. The molecule has 3 heterocycles. The van der Waals surface area contributed by atoms with Crippen LogP contribution in [-0.4, -0.2) is 17.6 Å². The van der Waals surface area contributed by atoms with E-state index in [9.17, 15) is 4.39 Å². The molecule has 5 rings (SSSR count). The Morgan fingerprint density at radius 1 is 1.00 bits per heavy atom. The lowest BCUT2D eigenvalue weighted by Gasteiger charge is -2.33.